The zero-order valence-corrected chi connectivity index (χ0v) is 8.68. The van der Waals surface area contributed by atoms with Crippen molar-refractivity contribution < 1.29 is 13.2 Å². The monoisotopic (exact) mass is 217 g/mol. The van der Waals surface area contributed by atoms with Gasteiger partial charge in [-0.05, 0) is 31.5 Å². The van der Waals surface area contributed by atoms with Gasteiger partial charge < -0.3 is 5.32 Å². The number of halogens is 3. The van der Waals surface area contributed by atoms with E-state index in [1.54, 1.807) is 19.1 Å². The van der Waals surface area contributed by atoms with Gasteiger partial charge in [0, 0.05) is 6.04 Å². The first-order chi connectivity index (χ1) is 7.00. The molecule has 4 heteroatoms. The lowest BCUT2D eigenvalue weighted by Gasteiger charge is -2.19. The summed E-state index contributed by atoms with van der Waals surface area (Å²) < 4.78 is 37.3. The Balaban J connectivity index is 2.64. The first kappa shape index (κ1) is 12.0. The molecule has 0 aliphatic rings. The van der Waals surface area contributed by atoms with Crippen molar-refractivity contribution in [2.75, 3.05) is 0 Å². The molecule has 1 N–H and O–H groups in total. The van der Waals surface area contributed by atoms with E-state index >= 15 is 0 Å². The highest BCUT2D eigenvalue weighted by Gasteiger charge is 2.17. The van der Waals surface area contributed by atoms with Gasteiger partial charge in [0.1, 0.15) is 5.82 Å². The quantitative estimate of drug-likeness (QED) is 0.817. The Morgan fingerprint density at radius 2 is 1.87 bits per heavy atom. The molecule has 1 nitrogen and oxygen atoms in total. The summed E-state index contributed by atoms with van der Waals surface area (Å²) in [7, 11) is 0. The molecule has 0 spiro atoms. The van der Waals surface area contributed by atoms with Gasteiger partial charge in [0.25, 0.3) is 6.43 Å². The molecule has 0 fully saturated rings. The van der Waals surface area contributed by atoms with Crippen molar-refractivity contribution in [3.05, 3.63) is 35.6 Å². The summed E-state index contributed by atoms with van der Waals surface area (Å²) in [6, 6.07) is 4.75. The second kappa shape index (κ2) is 5.16. The summed E-state index contributed by atoms with van der Waals surface area (Å²) in [5.41, 5.74) is 0.669. The molecule has 0 bridgehead atoms. The summed E-state index contributed by atoms with van der Waals surface area (Å²) >= 11 is 0. The van der Waals surface area contributed by atoms with Crippen molar-refractivity contribution in [1.82, 2.24) is 5.32 Å². The summed E-state index contributed by atoms with van der Waals surface area (Å²) in [6.45, 7) is 3.13. The molecular weight excluding hydrogens is 203 g/mol. The van der Waals surface area contributed by atoms with Gasteiger partial charge in [-0.15, -0.1) is 0 Å². The van der Waals surface area contributed by atoms with Crippen LogP contribution in [0.15, 0.2) is 24.3 Å². The number of hydrogen-bond acceptors (Lipinski definition) is 1. The minimum absolute atomic E-state index is 0.287. The molecule has 0 saturated heterocycles. The fraction of sp³-hybridized carbons (Fsp3) is 0.455. The maximum atomic E-state index is 12.8. The fourth-order valence-electron chi connectivity index (χ4n) is 1.34. The van der Waals surface area contributed by atoms with Crippen molar-refractivity contribution in [3.8, 4) is 0 Å². The Morgan fingerprint density at radius 1 is 1.20 bits per heavy atom. The van der Waals surface area contributed by atoms with Crippen LogP contribution in [0, 0.1) is 5.82 Å². The van der Waals surface area contributed by atoms with Gasteiger partial charge in [-0.3, -0.25) is 0 Å². The van der Waals surface area contributed by atoms with Crippen molar-refractivity contribution in [3.63, 3.8) is 0 Å². The number of rotatable bonds is 4. The number of alkyl halides is 2. The van der Waals surface area contributed by atoms with Crippen LogP contribution < -0.4 is 5.32 Å². The highest BCUT2D eigenvalue weighted by molar-refractivity contribution is 5.19. The molecule has 0 radical (unpaired) electrons. The van der Waals surface area contributed by atoms with E-state index in [1.165, 1.54) is 19.1 Å². The van der Waals surface area contributed by atoms with E-state index in [9.17, 15) is 13.2 Å². The van der Waals surface area contributed by atoms with E-state index < -0.39 is 12.5 Å². The second-order valence-electron chi connectivity index (χ2n) is 3.57. The highest BCUT2D eigenvalue weighted by atomic mass is 19.3. The minimum atomic E-state index is -2.42. The van der Waals surface area contributed by atoms with Crippen LogP contribution in [0.1, 0.15) is 25.5 Å². The van der Waals surface area contributed by atoms with Gasteiger partial charge in [0.15, 0.2) is 0 Å². The predicted octanol–water partition coefficient (Wildman–Crippen LogP) is 3.13. The number of nitrogens with one attached hydrogen (secondary N) is 1. The van der Waals surface area contributed by atoms with Crippen molar-refractivity contribution >= 4 is 0 Å². The maximum Gasteiger partial charge on any atom is 0.253 e. The summed E-state index contributed by atoms with van der Waals surface area (Å²) in [4.78, 5) is 0. The van der Waals surface area contributed by atoms with Crippen molar-refractivity contribution in [2.24, 2.45) is 0 Å². The van der Waals surface area contributed by atoms with E-state index in [4.69, 9.17) is 0 Å². The first-order valence-electron chi connectivity index (χ1n) is 4.80. The van der Waals surface area contributed by atoms with E-state index in [0.29, 0.717) is 5.56 Å². The highest BCUT2D eigenvalue weighted by Crippen LogP contribution is 2.15. The Morgan fingerprint density at radius 3 is 2.40 bits per heavy atom. The average molecular weight is 217 g/mol. The summed E-state index contributed by atoms with van der Waals surface area (Å²) in [5.74, 6) is -0.356. The topological polar surface area (TPSA) is 12.0 Å². The Bertz CT molecular complexity index is 314. The van der Waals surface area contributed by atoms with Crippen LogP contribution in [-0.2, 0) is 0 Å². The second-order valence-corrected chi connectivity index (χ2v) is 3.57. The van der Waals surface area contributed by atoms with Crippen LogP contribution in [-0.4, -0.2) is 12.5 Å². The molecule has 0 heterocycles. The third-order valence-electron chi connectivity index (χ3n) is 2.24. The summed E-state index contributed by atoms with van der Waals surface area (Å²) in [6.07, 6.45) is -2.42. The molecule has 1 aromatic carbocycles. The van der Waals surface area contributed by atoms with Gasteiger partial charge >= 0.3 is 0 Å². The Hall–Kier alpha value is -1.03. The van der Waals surface area contributed by atoms with E-state index in [-0.39, 0.29) is 11.9 Å². The van der Waals surface area contributed by atoms with Gasteiger partial charge in [-0.2, -0.15) is 0 Å². The smallest absolute Gasteiger partial charge is 0.253 e. The van der Waals surface area contributed by atoms with Crippen LogP contribution in [0.2, 0.25) is 0 Å². The van der Waals surface area contributed by atoms with Crippen LogP contribution in [0.3, 0.4) is 0 Å². The van der Waals surface area contributed by atoms with Crippen LogP contribution in [0.4, 0.5) is 13.2 Å². The normalized spacial score (nSPS) is 15.3. The molecule has 0 amide bonds. The van der Waals surface area contributed by atoms with E-state index in [0.717, 1.165) is 0 Å². The molecule has 0 aliphatic carbocycles. The predicted molar refractivity (Wildman–Crippen MR) is 53.4 cm³/mol. The van der Waals surface area contributed by atoms with Gasteiger partial charge in [-0.1, -0.05) is 12.1 Å². The van der Waals surface area contributed by atoms with E-state index in [2.05, 4.69) is 5.32 Å². The maximum absolute atomic E-state index is 12.8. The lowest BCUT2D eigenvalue weighted by molar-refractivity contribution is 0.101. The van der Waals surface area contributed by atoms with Crippen LogP contribution in [0.25, 0.3) is 0 Å². The largest absolute Gasteiger partial charge is 0.302 e. The fourth-order valence-corrected chi connectivity index (χ4v) is 1.34. The number of benzene rings is 1. The lowest BCUT2D eigenvalue weighted by atomic mass is 10.1. The molecule has 1 unspecified atom stereocenters. The van der Waals surface area contributed by atoms with Gasteiger partial charge in [0.2, 0.25) is 0 Å². The van der Waals surface area contributed by atoms with Crippen molar-refractivity contribution in [1.29, 1.82) is 0 Å². The van der Waals surface area contributed by atoms with Gasteiger partial charge in [0.05, 0.1) is 6.04 Å². The molecule has 0 saturated carbocycles. The third-order valence-corrected chi connectivity index (χ3v) is 2.24. The van der Waals surface area contributed by atoms with Crippen molar-refractivity contribution in [2.45, 2.75) is 32.4 Å². The summed E-state index contributed by atoms with van der Waals surface area (Å²) in [5, 5.41) is 2.71. The number of hydrogen-bond donors (Lipinski definition) is 1. The standard InChI is InChI=1S/C11H14F3N/c1-7(15-8(2)11(13)14)9-4-3-5-10(12)6-9/h3-8,11,15H,1-2H3/t7-,8?/m0/s1. The molecule has 1 aromatic rings. The molecule has 15 heavy (non-hydrogen) atoms. The zero-order chi connectivity index (χ0) is 11.4. The molecule has 0 aromatic heterocycles. The van der Waals surface area contributed by atoms with Gasteiger partial charge in [-0.25, -0.2) is 13.2 Å². The van der Waals surface area contributed by atoms with E-state index in [1.807, 2.05) is 0 Å². The molecule has 0 aliphatic heterocycles. The third kappa shape index (κ3) is 3.55. The lowest BCUT2D eigenvalue weighted by Crippen LogP contribution is -2.34. The Kier molecular flexibility index (Phi) is 4.15. The van der Waals surface area contributed by atoms with Crippen LogP contribution in [0.5, 0.6) is 0 Å². The zero-order valence-electron chi connectivity index (χ0n) is 8.68. The molecule has 1 rings (SSSR count). The average Bonchev–Trinajstić information content (AvgIpc) is 2.17. The molecule has 2 atom stereocenters. The molecular formula is C11H14F3N. The first-order valence-corrected chi connectivity index (χ1v) is 4.80. The SMILES string of the molecule is CC(N[C@@H](C)c1cccc(F)c1)C(F)F. The minimum Gasteiger partial charge on any atom is -0.302 e. The molecule has 84 valence electrons. The Labute approximate surface area is 87.3 Å². The van der Waals surface area contributed by atoms with Crippen LogP contribution >= 0.6 is 0 Å².